The van der Waals surface area contributed by atoms with Gasteiger partial charge in [-0.3, -0.25) is 0 Å². The molecule has 0 saturated heterocycles. The van der Waals surface area contributed by atoms with Crippen LogP contribution in [0.25, 0.3) is 0 Å². The second-order valence-electron chi connectivity index (χ2n) is 3.46. The van der Waals surface area contributed by atoms with Crippen LogP contribution in [0.5, 0.6) is 0 Å². The first kappa shape index (κ1) is 13.8. The summed E-state index contributed by atoms with van der Waals surface area (Å²) in [5.41, 5.74) is 7.01. The lowest BCUT2D eigenvalue weighted by atomic mass is 10.1. The number of hydrogen-bond donors (Lipinski definition) is 3. The number of ether oxygens (including phenoxy) is 1. The van der Waals surface area contributed by atoms with Gasteiger partial charge in [0.2, 0.25) is 0 Å². The van der Waals surface area contributed by atoms with E-state index >= 15 is 0 Å². The highest BCUT2D eigenvalue weighted by Crippen LogP contribution is 2.17. The fraction of sp³-hybridized carbons (Fsp3) is 0.364. The van der Waals surface area contributed by atoms with Crippen molar-refractivity contribution in [3.8, 4) is 0 Å². The van der Waals surface area contributed by atoms with Crippen LogP contribution in [0.15, 0.2) is 23.4 Å². The molecule has 0 fully saturated rings. The highest BCUT2D eigenvalue weighted by molar-refractivity contribution is 6.31. The molecule has 1 aromatic rings. The summed E-state index contributed by atoms with van der Waals surface area (Å²) >= 11 is 6.08. The largest absolute Gasteiger partial charge is 0.409 e. The molecule has 0 aromatic heterocycles. The molecule has 0 radical (unpaired) electrons. The Morgan fingerprint density at radius 2 is 2.35 bits per heavy atom. The lowest BCUT2D eigenvalue weighted by molar-refractivity contribution is 0.199. The van der Waals surface area contributed by atoms with Crippen LogP contribution < -0.4 is 11.1 Å². The Morgan fingerprint density at radius 1 is 1.59 bits per heavy atom. The Hall–Kier alpha value is -1.30. The number of nitrogens with one attached hydrogen (secondary N) is 1. The van der Waals surface area contributed by atoms with Crippen LogP contribution in [0.3, 0.4) is 0 Å². The van der Waals surface area contributed by atoms with E-state index in [1.165, 1.54) is 0 Å². The molecule has 4 N–H and O–H groups in total. The van der Waals surface area contributed by atoms with E-state index in [-0.39, 0.29) is 5.84 Å². The van der Waals surface area contributed by atoms with Crippen LogP contribution in [0.4, 0.5) is 0 Å². The van der Waals surface area contributed by atoms with E-state index in [1.54, 1.807) is 19.2 Å². The maximum Gasteiger partial charge on any atom is 0.170 e. The zero-order chi connectivity index (χ0) is 12.7. The molecule has 0 atom stereocenters. The zero-order valence-corrected chi connectivity index (χ0v) is 10.4. The predicted octanol–water partition coefficient (Wildman–Crippen LogP) is 1.17. The number of hydrogen-bond acceptors (Lipinski definition) is 4. The maximum atomic E-state index is 8.54. The summed E-state index contributed by atoms with van der Waals surface area (Å²) in [4.78, 5) is 0. The first-order chi connectivity index (χ1) is 8.19. The predicted molar refractivity (Wildman–Crippen MR) is 67.5 cm³/mol. The Morgan fingerprint density at radius 3 is 2.94 bits per heavy atom. The third kappa shape index (κ3) is 4.22. The van der Waals surface area contributed by atoms with Crippen LogP contribution in [0.1, 0.15) is 11.1 Å². The van der Waals surface area contributed by atoms with E-state index in [9.17, 15) is 0 Å². The number of rotatable bonds is 6. The van der Waals surface area contributed by atoms with Crippen LogP contribution in [-0.2, 0) is 11.3 Å². The van der Waals surface area contributed by atoms with Crippen LogP contribution in [0.2, 0.25) is 5.02 Å². The Kier molecular flexibility index (Phi) is 5.76. The third-order valence-electron chi connectivity index (χ3n) is 2.25. The van der Waals surface area contributed by atoms with Gasteiger partial charge in [-0.05, 0) is 11.6 Å². The average molecular weight is 258 g/mol. The molecule has 0 bridgehead atoms. The molecule has 0 aliphatic carbocycles. The molecule has 0 heterocycles. The van der Waals surface area contributed by atoms with E-state index in [0.717, 1.165) is 12.1 Å². The quantitative estimate of drug-likeness (QED) is 0.235. The summed E-state index contributed by atoms with van der Waals surface area (Å²) in [5, 5.41) is 15.2. The lowest BCUT2D eigenvalue weighted by Gasteiger charge is -2.07. The molecule has 0 amide bonds. The molecule has 0 aliphatic rings. The molecule has 1 aromatic carbocycles. The van der Waals surface area contributed by atoms with Crippen LogP contribution in [0, 0.1) is 0 Å². The van der Waals surface area contributed by atoms with Gasteiger partial charge in [0.05, 0.1) is 6.61 Å². The Bertz CT molecular complexity index is 396. The van der Waals surface area contributed by atoms with Crippen molar-refractivity contribution in [2.45, 2.75) is 6.54 Å². The molecule has 0 saturated carbocycles. The van der Waals surface area contributed by atoms with Gasteiger partial charge in [0, 0.05) is 30.8 Å². The maximum absolute atomic E-state index is 8.54. The first-order valence-electron chi connectivity index (χ1n) is 5.15. The average Bonchev–Trinajstić information content (AvgIpc) is 2.35. The van der Waals surface area contributed by atoms with Gasteiger partial charge in [-0.15, -0.1) is 0 Å². The first-order valence-corrected chi connectivity index (χ1v) is 5.52. The lowest BCUT2D eigenvalue weighted by Crippen LogP contribution is -2.19. The van der Waals surface area contributed by atoms with Gasteiger partial charge in [0.25, 0.3) is 0 Å². The van der Waals surface area contributed by atoms with Crippen molar-refractivity contribution in [1.29, 1.82) is 0 Å². The van der Waals surface area contributed by atoms with Gasteiger partial charge in [-0.25, -0.2) is 0 Å². The summed E-state index contributed by atoms with van der Waals surface area (Å²) < 4.78 is 4.92. The van der Waals surface area contributed by atoms with E-state index in [4.69, 9.17) is 27.3 Å². The van der Waals surface area contributed by atoms with Crippen molar-refractivity contribution in [2.24, 2.45) is 10.9 Å². The molecule has 94 valence electrons. The number of amidine groups is 1. The molecule has 1 rings (SSSR count). The normalized spacial score (nSPS) is 11.8. The van der Waals surface area contributed by atoms with Gasteiger partial charge in [-0.1, -0.05) is 28.9 Å². The minimum absolute atomic E-state index is 0.0470. The zero-order valence-electron chi connectivity index (χ0n) is 9.61. The van der Waals surface area contributed by atoms with E-state index in [0.29, 0.717) is 23.7 Å². The molecular weight excluding hydrogens is 242 g/mol. The van der Waals surface area contributed by atoms with E-state index in [2.05, 4.69) is 10.5 Å². The summed E-state index contributed by atoms with van der Waals surface area (Å²) in [6.45, 7) is 2.06. The Labute approximate surface area is 105 Å². The number of nitrogens with zero attached hydrogens (tertiary/aromatic N) is 1. The van der Waals surface area contributed by atoms with Gasteiger partial charge < -0.3 is 21.0 Å². The van der Waals surface area contributed by atoms with Crippen LogP contribution in [-0.4, -0.2) is 31.3 Å². The van der Waals surface area contributed by atoms with Crippen molar-refractivity contribution >= 4 is 17.4 Å². The molecule has 0 aliphatic heterocycles. The number of benzene rings is 1. The Balaban J connectivity index is 2.63. The SMILES string of the molecule is COCCNCc1ccc(/C(N)=N/O)cc1Cl. The van der Waals surface area contributed by atoms with Gasteiger partial charge in [0.15, 0.2) is 5.84 Å². The van der Waals surface area contributed by atoms with E-state index < -0.39 is 0 Å². The molecule has 6 heteroatoms. The van der Waals surface area contributed by atoms with Crippen molar-refractivity contribution < 1.29 is 9.94 Å². The van der Waals surface area contributed by atoms with Gasteiger partial charge >= 0.3 is 0 Å². The van der Waals surface area contributed by atoms with Gasteiger partial charge in [-0.2, -0.15) is 0 Å². The second-order valence-corrected chi connectivity index (χ2v) is 3.87. The summed E-state index contributed by atoms with van der Waals surface area (Å²) in [5.74, 6) is 0.0470. The topological polar surface area (TPSA) is 79.9 Å². The minimum atomic E-state index is 0.0470. The standard InChI is InChI=1S/C11H16ClN3O2/c1-17-5-4-14-7-9-3-2-8(6-10(9)12)11(13)15-16/h2-3,6,14,16H,4-5,7H2,1H3,(H2,13,15). The smallest absolute Gasteiger partial charge is 0.170 e. The fourth-order valence-electron chi connectivity index (χ4n) is 1.31. The third-order valence-corrected chi connectivity index (χ3v) is 2.61. The highest BCUT2D eigenvalue weighted by atomic mass is 35.5. The fourth-order valence-corrected chi connectivity index (χ4v) is 1.55. The number of methoxy groups -OCH3 is 1. The van der Waals surface area contributed by atoms with Crippen molar-refractivity contribution in [2.75, 3.05) is 20.3 Å². The van der Waals surface area contributed by atoms with Gasteiger partial charge in [0.1, 0.15) is 0 Å². The number of halogens is 1. The second kappa shape index (κ2) is 7.11. The highest BCUT2D eigenvalue weighted by Gasteiger charge is 2.04. The van der Waals surface area contributed by atoms with E-state index in [1.807, 2.05) is 6.07 Å². The molecule has 17 heavy (non-hydrogen) atoms. The van der Waals surface area contributed by atoms with Crippen molar-refractivity contribution in [3.05, 3.63) is 34.3 Å². The molecule has 0 unspecified atom stereocenters. The molecule has 0 spiro atoms. The summed E-state index contributed by atoms with van der Waals surface area (Å²) in [6, 6.07) is 5.27. The molecule has 5 nitrogen and oxygen atoms in total. The molecular formula is C11H16ClN3O2. The minimum Gasteiger partial charge on any atom is -0.409 e. The van der Waals surface area contributed by atoms with Crippen molar-refractivity contribution in [3.63, 3.8) is 0 Å². The number of oxime groups is 1. The summed E-state index contributed by atoms with van der Waals surface area (Å²) in [7, 11) is 1.65. The van der Waals surface area contributed by atoms with Crippen LogP contribution >= 0.6 is 11.6 Å². The van der Waals surface area contributed by atoms with Crippen molar-refractivity contribution in [1.82, 2.24) is 5.32 Å². The monoisotopic (exact) mass is 257 g/mol. The number of nitrogens with two attached hydrogens (primary N) is 1. The summed E-state index contributed by atoms with van der Waals surface area (Å²) in [6.07, 6.45) is 0.